The van der Waals surface area contributed by atoms with E-state index in [2.05, 4.69) is 31.0 Å². The molecular weight excluding hydrogens is 508 g/mol. The number of hydrogen-bond donors (Lipinski definition) is 2. The van der Waals surface area contributed by atoms with Crippen molar-refractivity contribution in [1.82, 2.24) is 19.7 Å². The van der Waals surface area contributed by atoms with Gasteiger partial charge in [0, 0.05) is 13.0 Å². The van der Waals surface area contributed by atoms with Gasteiger partial charge in [-0.15, -0.1) is 5.10 Å². The van der Waals surface area contributed by atoms with Crippen LogP contribution in [0, 0.1) is 5.41 Å². The van der Waals surface area contributed by atoms with E-state index >= 15 is 0 Å². The summed E-state index contributed by atoms with van der Waals surface area (Å²) in [4.78, 5) is 42.2. The molecule has 5 aromatic rings. The number of aromatic nitrogens is 4. The standard InChI is InChI=1S/C31H28N4O5/c1-31(2,3)17-24-32-25-26(27(36)33-34-28(25)40-30(39)21-9-5-4-6-10-21)35(24)18-19-13-15-20(16-14-19)22-11-7-8-12-23(22)29(37)38/h4-16H,17-18H2,1-3H3,(H,33,36)(H,37,38). The molecular formula is C31H28N4O5. The van der Waals surface area contributed by atoms with E-state index in [9.17, 15) is 19.5 Å². The summed E-state index contributed by atoms with van der Waals surface area (Å²) in [6.07, 6.45) is 0.553. The SMILES string of the molecule is CC(C)(C)Cc1nc2c(OC(=O)c3ccccc3)n[nH]c(=O)c2n1Cc1ccc(-c2ccccc2C(=O)O)cc1. The number of H-pyrrole nitrogens is 1. The molecule has 0 fully saturated rings. The molecule has 202 valence electrons. The molecule has 0 aliphatic heterocycles. The van der Waals surface area contributed by atoms with E-state index in [4.69, 9.17) is 9.72 Å². The molecule has 2 aromatic heterocycles. The van der Waals surface area contributed by atoms with Gasteiger partial charge in [-0.3, -0.25) is 4.79 Å². The van der Waals surface area contributed by atoms with Crippen LogP contribution >= 0.6 is 0 Å². The molecule has 0 atom stereocenters. The van der Waals surface area contributed by atoms with Crippen molar-refractivity contribution in [3.63, 3.8) is 0 Å². The van der Waals surface area contributed by atoms with Crippen LogP contribution in [-0.4, -0.2) is 36.8 Å². The van der Waals surface area contributed by atoms with Gasteiger partial charge in [0.1, 0.15) is 11.3 Å². The smallest absolute Gasteiger partial charge is 0.344 e. The monoisotopic (exact) mass is 536 g/mol. The number of esters is 1. The Morgan fingerprint density at radius 1 is 0.950 bits per heavy atom. The van der Waals surface area contributed by atoms with Crippen molar-refractivity contribution in [3.05, 3.63) is 112 Å². The second-order valence-electron chi connectivity index (χ2n) is 10.7. The molecule has 0 unspecified atom stereocenters. The molecule has 0 saturated heterocycles. The number of carbonyl (C=O) groups is 2. The number of imidazole rings is 1. The van der Waals surface area contributed by atoms with Crippen molar-refractivity contribution in [2.24, 2.45) is 5.41 Å². The first-order valence-corrected chi connectivity index (χ1v) is 12.8. The average molecular weight is 537 g/mol. The molecule has 0 bridgehead atoms. The lowest BCUT2D eigenvalue weighted by molar-refractivity contribution is 0.0694. The molecule has 5 rings (SSSR count). The number of benzene rings is 3. The van der Waals surface area contributed by atoms with Crippen LogP contribution in [0.2, 0.25) is 0 Å². The summed E-state index contributed by atoms with van der Waals surface area (Å²) < 4.78 is 7.39. The van der Waals surface area contributed by atoms with Gasteiger partial charge in [0.15, 0.2) is 5.52 Å². The number of carboxylic acids is 1. The molecule has 0 saturated carbocycles. The number of fused-ring (bicyclic) bond motifs is 1. The Bertz CT molecular complexity index is 1760. The van der Waals surface area contributed by atoms with Crippen LogP contribution in [-0.2, 0) is 13.0 Å². The second kappa shape index (κ2) is 10.6. The first kappa shape index (κ1) is 26.6. The van der Waals surface area contributed by atoms with E-state index in [1.54, 1.807) is 54.6 Å². The minimum absolute atomic E-state index is 0.0713. The maximum atomic E-state index is 13.0. The molecule has 9 nitrogen and oxygen atoms in total. The minimum Gasteiger partial charge on any atom is -0.478 e. The second-order valence-corrected chi connectivity index (χ2v) is 10.7. The van der Waals surface area contributed by atoms with E-state index in [1.807, 2.05) is 28.8 Å². The Balaban J connectivity index is 1.55. The van der Waals surface area contributed by atoms with Crippen LogP contribution in [0.25, 0.3) is 22.2 Å². The zero-order chi connectivity index (χ0) is 28.4. The predicted molar refractivity (Wildman–Crippen MR) is 151 cm³/mol. The summed E-state index contributed by atoms with van der Waals surface area (Å²) in [5.74, 6) is -1.02. The fraction of sp³-hybridized carbons (Fsp3) is 0.194. The maximum Gasteiger partial charge on any atom is 0.344 e. The van der Waals surface area contributed by atoms with Gasteiger partial charge in [0.05, 0.1) is 11.1 Å². The molecule has 2 N–H and O–H groups in total. The fourth-order valence-electron chi connectivity index (χ4n) is 4.55. The van der Waals surface area contributed by atoms with Gasteiger partial charge < -0.3 is 14.4 Å². The third-order valence-electron chi connectivity index (χ3n) is 6.37. The number of carboxylic acid groups (broad SMARTS) is 1. The molecule has 0 aliphatic rings. The summed E-state index contributed by atoms with van der Waals surface area (Å²) in [5.41, 5.74) is 2.70. The van der Waals surface area contributed by atoms with E-state index in [-0.39, 0.29) is 27.9 Å². The zero-order valence-corrected chi connectivity index (χ0v) is 22.3. The lowest BCUT2D eigenvalue weighted by atomic mass is 9.92. The molecule has 0 radical (unpaired) electrons. The van der Waals surface area contributed by atoms with Gasteiger partial charge in [-0.1, -0.05) is 81.4 Å². The highest BCUT2D eigenvalue weighted by Gasteiger charge is 2.24. The number of nitrogens with zero attached hydrogens (tertiary/aromatic N) is 3. The van der Waals surface area contributed by atoms with Crippen molar-refractivity contribution >= 4 is 23.0 Å². The van der Waals surface area contributed by atoms with E-state index < -0.39 is 17.5 Å². The van der Waals surface area contributed by atoms with Crippen LogP contribution in [0.4, 0.5) is 0 Å². The first-order chi connectivity index (χ1) is 19.1. The molecule has 0 spiro atoms. The highest BCUT2D eigenvalue weighted by molar-refractivity contribution is 5.96. The number of nitrogens with one attached hydrogen (secondary N) is 1. The maximum absolute atomic E-state index is 13.0. The Morgan fingerprint density at radius 3 is 2.30 bits per heavy atom. The number of aromatic carboxylic acids is 1. The third kappa shape index (κ3) is 5.54. The molecule has 40 heavy (non-hydrogen) atoms. The number of ether oxygens (including phenoxy) is 1. The predicted octanol–water partition coefficient (Wildman–Crippen LogP) is 5.34. The van der Waals surface area contributed by atoms with Gasteiger partial charge in [-0.2, -0.15) is 0 Å². The molecule has 2 heterocycles. The largest absolute Gasteiger partial charge is 0.478 e. The lowest BCUT2D eigenvalue weighted by Gasteiger charge is -2.19. The fourth-order valence-corrected chi connectivity index (χ4v) is 4.55. The van der Waals surface area contributed by atoms with Crippen molar-refractivity contribution in [1.29, 1.82) is 0 Å². The van der Waals surface area contributed by atoms with Gasteiger partial charge in [-0.05, 0) is 40.3 Å². The van der Waals surface area contributed by atoms with Crippen molar-refractivity contribution in [2.75, 3.05) is 0 Å². The van der Waals surface area contributed by atoms with Gasteiger partial charge in [0.2, 0.25) is 0 Å². The highest BCUT2D eigenvalue weighted by Crippen LogP contribution is 2.28. The van der Waals surface area contributed by atoms with Crippen molar-refractivity contribution in [3.8, 4) is 17.0 Å². The lowest BCUT2D eigenvalue weighted by Crippen LogP contribution is -2.18. The molecule has 3 aromatic carbocycles. The van der Waals surface area contributed by atoms with Crippen LogP contribution in [0.1, 0.15) is 52.9 Å². The quantitative estimate of drug-likeness (QED) is 0.269. The summed E-state index contributed by atoms with van der Waals surface area (Å²) in [6, 6.07) is 22.9. The van der Waals surface area contributed by atoms with Gasteiger partial charge in [0.25, 0.3) is 11.4 Å². The first-order valence-electron chi connectivity index (χ1n) is 12.8. The van der Waals surface area contributed by atoms with Gasteiger partial charge in [-0.25, -0.2) is 19.7 Å². The van der Waals surface area contributed by atoms with E-state index in [1.165, 1.54) is 0 Å². The third-order valence-corrected chi connectivity index (χ3v) is 6.37. The number of hydrogen-bond acceptors (Lipinski definition) is 6. The average Bonchev–Trinajstić information content (AvgIpc) is 3.28. The van der Waals surface area contributed by atoms with Crippen molar-refractivity contribution in [2.45, 2.75) is 33.7 Å². The summed E-state index contributed by atoms with van der Waals surface area (Å²) in [7, 11) is 0. The van der Waals surface area contributed by atoms with Gasteiger partial charge >= 0.3 is 11.9 Å². The number of aromatic amines is 1. The number of rotatable bonds is 7. The molecule has 9 heteroatoms. The summed E-state index contributed by atoms with van der Waals surface area (Å²) >= 11 is 0. The van der Waals surface area contributed by atoms with Crippen molar-refractivity contribution < 1.29 is 19.4 Å². The number of carbonyl (C=O) groups excluding carboxylic acids is 1. The highest BCUT2D eigenvalue weighted by atomic mass is 16.5. The van der Waals surface area contributed by atoms with Crippen LogP contribution in [0.15, 0.2) is 83.7 Å². The topological polar surface area (TPSA) is 127 Å². The summed E-state index contributed by atoms with van der Waals surface area (Å²) in [5, 5.41) is 16.0. The zero-order valence-electron chi connectivity index (χ0n) is 22.3. The van der Waals surface area contributed by atoms with E-state index in [0.29, 0.717) is 29.9 Å². The molecule has 0 aliphatic carbocycles. The Hall–Kier alpha value is -5.05. The molecule has 0 amide bonds. The normalized spacial score (nSPS) is 11.5. The Morgan fingerprint density at radius 2 is 1.62 bits per heavy atom. The minimum atomic E-state index is -0.993. The van der Waals surface area contributed by atoms with Crippen LogP contribution < -0.4 is 10.3 Å². The Kier molecular flexibility index (Phi) is 7.04. The Labute approximate surface area is 230 Å². The van der Waals surface area contributed by atoms with E-state index in [0.717, 1.165) is 11.1 Å². The van der Waals surface area contributed by atoms with Crippen LogP contribution in [0.5, 0.6) is 5.88 Å². The van der Waals surface area contributed by atoms with Crippen LogP contribution in [0.3, 0.4) is 0 Å². The summed E-state index contributed by atoms with van der Waals surface area (Å²) in [6.45, 7) is 6.54.